The van der Waals surface area contributed by atoms with E-state index in [2.05, 4.69) is 24.1 Å². The number of hydrogen-bond donors (Lipinski definition) is 1. The summed E-state index contributed by atoms with van der Waals surface area (Å²) in [5.74, 6) is 0.501. The van der Waals surface area contributed by atoms with Crippen LogP contribution in [-0.4, -0.2) is 93.4 Å². The van der Waals surface area contributed by atoms with E-state index in [1.807, 2.05) is 0 Å². The molecular formula is C20H38N4O4S. The Kier molecular flexibility index (Phi) is 8.32. The third-order valence-electron chi connectivity index (χ3n) is 6.30. The summed E-state index contributed by atoms with van der Waals surface area (Å²) in [7, 11) is -3.49. The SMILES string of the molecule is C[C@@H]1C[C@@H](C)CN(S(=O)(=O)N2CCC[C@@H](C(=O)NCCCN3CCOCC3)C2)C1. The monoisotopic (exact) mass is 430 g/mol. The molecule has 1 amide bonds. The van der Waals surface area contributed by atoms with Crippen LogP contribution in [0.3, 0.4) is 0 Å². The van der Waals surface area contributed by atoms with Gasteiger partial charge in [0.25, 0.3) is 10.2 Å². The van der Waals surface area contributed by atoms with Gasteiger partial charge in [-0.2, -0.15) is 17.0 Å². The van der Waals surface area contributed by atoms with Gasteiger partial charge in [-0.1, -0.05) is 13.8 Å². The second kappa shape index (κ2) is 10.5. The Bertz CT molecular complexity index is 628. The fourth-order valence-electron chi connectivity index (χ4n) is 4.81. The molecule has 8 nitrogen and oxygen atoms in total. The number of carbonyl (C=O) groups is 1. The van der Waals surface area contributed by atoms with Crippen molar-refractivity contribution in [2.75, 3.05) is 65.6 Å². The molecule has 29 heavy (non-hydrogen) atoms. The summed E-state index contributed by atoms with van der Waals surface area (Å²) in [4.78, 5) is 15.0. The molecule has 9 heteroatoms. The van der Waals surface area contributed by atoms with E-state index in [9.17, 15) is 13.2 Å². The number of carbonyl (C=O) groups excluding carboxylic acids is 1. The van der Waals surface area contributed by atoms with Crippen molar-refractivity contribution in [3.05, 3.63) is 0 Å². The minimum atomic E-state index is -3.49. The predicted octanol–water partition coefficient (Wildman–Crippen LogP) is 0.760. The Labute approximate surface area is 176 Å². The fraction of sp³-hybridized carbons (Fsp3) is 0.950. The van der Waals surface area contributed by atoms with Gasteiger partial charge in [0.2, 0.25) is 5.91 Å². The Balaban J connectivity index is 1.45. The lowest BCUT2D eigenvalue weighted by molar-refractivity contribution is -0.126. The van der Waals surface area contributed by atoms with Crippen molar-refractivity contribution in [3.8, 4) is 0 Å². The Morgan fingerprint density at radius 2 is 1.72 bits per heavy atom. The molecule has 3 rings (SSSR count). The summed E-state index contributed by atoms with van der Waals surface area (Å²) in [5, 5.41) is 3.03. The maximum Gasteiger partial charge on any atom is 0.282 e. The number of nitrogens with zero attached hydrogens (tertiary/aromatic N) is 3. The highest BCUT2D eigenvalue weighted by molar-refractivity contribution is 7.86. The largest absolute Gasteiger partial charge is 0.379 e. The Morgan fingerprint density at radius 1 is 1.03 bits per heavy atom. The van der Waals surface area contributed by atoms with Gasteiger partial charge in [0.1, 0.15) is 0 Å². The molecule has 0 unspecified atom stereocenters. The zero-order valence-corrected chi connectivity index (χ0v) is 18.8. The maximum absolute atomic E-state index is 13.1. The van der Waals surface area contributed by atoms with Gasteiger partial charge in [0.05, 0.1) is 19.1 Å². The highest BCUT2D eigenvalue weighted by Gasteiger charge is 2.38. The van der Waals surface area contributed by atoms with Crippen LogP contribution < -0.4 is 5.32 Å². The smallest absolute Gasteiger partial charge is 0.282 e. The molecular weight excluding hydrogens is 392 g/mol. The highest BCUT2D eigenvalue weighted by atomic mass is 32.2. The molecule has 0 bridgehead atoms. The number of ether oxygens (including phenoxy) is 1. The van der Waals surface area contributed by atoms with Crippen molar-refractivity contribution < 1.29 is 17.9 Å². The van der Waals surface area contributed by atoms with Crippen molar-refractivity contribution in [3.63, 3.8) is 0 Å². The van der Waals surface area contributed by atoms with Crippen LogP contribution in [0.5, 0.6) is 0 Å². The summed E-state index contributed by atoms with van der Waals surface area (Å²) >= 11 is 0. The molecule has 3 aliphatic rings. The van der Waals surface area contributed by atoms with Gasteiger partial charge in [-0.25, -0.2) is 0 Å². The number of nitrogens with one attached hydrogen (secondary N) is 1. The second-order valence-corrected chi connectivity index (χ2v) is 11.0. The van der Waals surface area contributed by atoms with Gasteiger partial charge >= 0.3 is 0 Å². The van der Waals surface area contributed by atoms with E-state index in [-0.39, 0.29) is 11.8 Å². The average Bonchev–Trinajstić information content (AvgIpc) is 2.71. The number of morpholine rings is 1. The first-order chi connectivity index (χ1) is 13.9. The van der Waals surface area contributed by atoms with Crippen LogP contribution in [0.4, 0.5) is 0 Å². The first-order valence-electron chi connectivity index (χ1n) is 11.2. The molecule has 0 aromatic carbocycles. The molecule has 3 aliphatic heterocycles. The van der Waals surface area contributed by atoms with Crippen LogP contribution in [0, 0.1) is 17.8 Å². The van der Waals surface area contributed by atoms with Crippen molar-refractivity contribution >= 4 is 16.1 Å². The third-order valence-corrected chi connectivity index (χ3v) is 8.23. The predicted molar refractivity (Wildman–Crippen MR) is 113 cm³/mol. The lowest BCUT2D eigenvalue weighted by atomic mass is 9.94. The van der Waals surface area contributed by atoms with Crippen molar-refractivity contribution in [1.82, 2.24) is 18.8 Å². The highest BCUT2D eigenvalue weighted by Crippen LogP contribution is 2.27. The van der Waals surface area contributed by atoms with Crippen molar-refractivity contribution in [1.29, 1.82) is 0 Å². The summed E-state index contributed by atoms with van der Waals surface area (Å²) in [6, 6.07) is 0. The molecule has 0 aromatic heterocycles. The fourth-order valence-corrected chi connectivity index (χ4v) is 6.75. The molecule has 0 saturated carbocycles. The topological polar surface area (TPSA) is 82.2 Å². The molecule has 3 saturated heterocycles. The maximum atomic E-state index is 13.1. The van der Waals surface area contributed by atoms with Crippen LogP contribution in [0.25, 0.3) is 0 Å². The van der Waals surface area contributed by atoms with Crippen LogP contribution in [0.2, 0.25) is 0 Å². The first kappa shape index (κ1) is 22.9. The lowest BCUT2D eigenvalue weighted by Crippen LogP contribution is -2.53. The minimum Gasteiger partial charge on any atom is -0.379 e. The van der Waals surface area contributed by atoms with E-state index in [1.165, 1.54) is 0 Å². The van der Waals surface area contributed by atoms with Crippen LogP contribution >= 0.6 is 0 Å². The van der Waals surface area contributed by atoms with Crippen molar-refractivity contribution in [2.45, 2.75) is 39.5 Å². The summed E-state index contributed by atoms with van der Waals surface area (Å²) in [5.41, 5.74) is 0. The zero-order chi connectivity index (χ0) is 20.9. The van der Waals surface area contributed by atoms with Crippen molar-refractivity contribution in [2.24, 2.45) is 17.8 Å². The summed E-state index contributed by atoms with van der Waals surface area (Å²) in [6.45, 7) is 11.3. The average molecular weight is 431 g/mol. The summed E-state index contributed by atoms with van der Waals surface area (Å²) in [6.07, 6.45) is 3.48. The van der Waals surface area contributed by atoms with E-state index in [0.29, 0.717) is 44.6 Å². The van der Waals surface area contributed by atoms with E-state index in [0.717, 1.165) is 58.5 Å². The molecule has 0 radical (unpaired) electrons. The molecule has 1 N–H and O–H groups in total. The molecule has 3 atom stereocenters. The first-order valence-corrected chi connectivity index (χ1v) is 12.6. The van der Waals surface area contributed by atoms with Gasteiger partial charge in [-0.15, -0.1) is 0 Å². The molecule has 3 fully saturated rings. The van der Waals surface area contributed by atoms with Gasteiger partial charge in [0, 0.05) is 45.8 Å². The number of amides is 1. The molecule has 3 heterocycles. The third kappa shape index (κ3) is 6.37. The zero-order valence-electron chi connectivity index (χ0n) is 18.0. The second-order valence-electron chi connectivity index (χ2n) is 9.07. The van der Waals surface area contributed by atoms with Gasteiger partial charge < -0.3 is 10.1 Å². The number of piperidine rings is 2. The Hall–Kier alpha value is -0.740. The molecule has 168 valence electrons. The van der Waals surface area contributed by atoms with Crippen LogP contribution in [-0.2, 0) is 19.7 Å². The standard InChI is InChI=1S/C20H38N4O4S/c1-17-13-18(2)15-24(14-17)29(26,27)23-8-3-5-19(16-23)20(25)21-6-4-7-22-9-11-28-12-10-22/h17-19H,3-16H2,1-2H3,(H,21,25)/t17-,18-,19-/m1/s1. The van der Waals surface area contributed by atoms with Gasteiger partial charge in [-0.05, 0) is 44.1 Å². The number of rotatable bonds is 7. The summed E-state index contributed by atoms with van der Waals surface area (Å²) < 4.78 is 34.8. The van der Waals surface area contributed by atoms with Gasteiger partial charge in [0.15, 0.2) is 0 Å². The minimum absolute atomic E-state index is 0.00717. The van der Waals surface area contributed by atoms with Crippen LogP contribution in [0.1, 0.15) is 39.5 Å². The van der Waals surface area contributed by atoms with Gasteiger partial charge in [-0.3, -0.25) is 9.69 Å². The Morgan fingerprint density at radius 3 is 2.41 bits per heavy atom. The quantitative estimate of drug-likeness (QED) is 0.603. The van der Waals surface area contributed by atoms with Crippen LogP contribution in [0.15, 0.2) is 0 Å². The van der Waals surface area contributed by atoms with E-state index >= 15 is 0 Å². The lowest BCUT2D eigenvalue weighted by Gasteiger charge is -2.39. The van der Waals surface area contributed by atoms with E-state index in [1.54, 1.807) is 8.61 Å². The molecule has 0 aliphatic carbocycles. The van der Waals surface area contributed by atoms with E-state index < -0.39 is 10.2 Å². The number of hydrogen-bond acceptors (Lipinski definition) is 5. The molecule has 0 aromatic rings. The normalized spacial score (nSPS) is 30.9. The van der Waals surface area contributed by atoms with E-state index in [4.69, 9.17) is 4.74 Å². The molecule has 0 spiro atoms.